The lowest BCUT2D eigenvalue weighted by molar-refractivity contribution is 0.0569. The van der Waals surface area contributed by atoms with E-state index in [4.69, 9.17) is 4.74 Å². The molecule has 1 aliphatic heterocycles. The first-order valence-corrected chi connectivity index (χ1v) is 10.6. The molecule has 0 radical (unpaired) electrons. The quantitative estimate of drug-likeness (QED) is 0.758. The third-order valence-electron chi connectivity index (χ3n) is 4.67. The molecule has 2 aromatic rings. The number of β-amino-alcohol motifs (C(OH)–C–C–N with tert-alkyl or cyclic N) is 1. The SMILES string of the molecule is Cc1cccc(OCC(O)CN2CCN(S(=O)(=O)c3cccc(F)c3)CC2)c1. The maximum absolute atomic E-state index is 13.4. The number of rotatable bonds is 7. The van der Waals surface area contributed by atoms with Crippen LogP contribution < -0.4 is 4.74 Å². The molecule has 152 valence electrons. The molecule has 28 heavy (non-hydrogen) atoms. The van der Waals surface area contributed by atoms with Crippen molar-refractivity contribution in [3.8, 4) is 5.75 Å². The Morgan fingerprint density at radius 2 is 1.82 bits per heavy atom. The van der Waals surface area contributed by atoms with Crippen LogP contribution in [0.4, 0.5) is 4.39 Å². The highest BCUT2D eigenvalue weighted by Crippen LogP contribution is 2.19. The zero-order chi connectivity index (χ0) is 20.1. The number of aliphatic hydroxyl groups is 1. The second-order valence-electron chi connectivity index (χ2n) is 6.94. The fourth-order valence-electron chi connectivity index (χ4n) is 3.18. The topological polar surface area (TPSA) is 70.1 Å². The molecular formula is C20H25FN2O4S. The number of halogens is 1. The van der Waals surface area contributed by atoms with Gasteiger partial charge in [-0.15, -0.1) is 0 Å². The minimum absolute atomic E-state index is 0.0347. The van der Waals surface area contributed by atoms with Gasteiger partial charge in [-0.3, -0.25) is 4.90 Å². The van der Waals surface area contributed by atoms with E-state index in [2.05, 4.69) is 0 Å². The highest BCUT2D eigenvalue weighted by Gasteiger charge is 2.29. The fraction of sp³-hybridized carbons (Fsp3) is 0.400. The van der Waals surface area contributed by atoms with Crippen LogP contribution in [0.25, 0.3) is 0 Å². The Bertz CT molecular complexity index is 899. The molecule has 1 atom stereocenters. The molecule has 8 heteroatoms. The number of sulfonamides is 1. The highest BCUT2D eigenvalue weighted by molar-refractivity contribution is 7.89. The number of aliphatic hydroxyl groups excluding tert-OH is 1. The lowest BCUT2D eigenvalue weighted by Gasteiger charge is -2.34. The van der Waals surface area contributed by atoms with Crippen molar-refractivity contribution >= 4 is 10.0 Å². The van der Waals surface area contributed by atoms with Crippen LogP contribution in [0, 0.1) is 12.7 Å². The lowest BCUT2D eigenvalue weighted by Crippen LogP contribution is -2.50. The van der Waals surface area contributed by atoms with Gasteiger partial charge in [0.25, 0.3) is 0 Å². The zero-order valence-corrected chi connectivity index (χ0v) is 16.6. The van der Waals surface area contributed by atoms with Gasteiger partial charge >= 0.3 is 0 Å². The summed E-state index contributed by atoms with van der Waals surface area (Å²) < 4.78 is 45.6. The number of ether oxygens (including phenoxy) is 1. The van der Waals surface area contributed by atoms with Crippen molar-refractivity contribution in [2.45, 2.75) is 17.9 Å². The van der Waals surface area contributed by atoms with Crippen molar-refractivity contribution in [1.29, 1.82) is 0 Å². The van der Waals surface area contributed by atoms with Crippen molar-refractivity contribution in [2.75, 3.05) is 39.3 Å². The summed E-state index contributed by atoms with van der Waals surface area (Å²) in [5.41, 5.74) is 1.09. The predicted molar refractivity (Wildman–Crippen MR) is 104 cm³/mol. The summed E-state index contributed by atoms with van der Waals surface area (Å²) in [6.07, 6.45) is -0.674. The fourth-order valence-corrected chi connectivity index (χ4v) is 4.63. The molecular weight excluding hydrogens is 383 g/mol. The Hall–Kier alpha value is -2.00. The van der Waals surface area contributed by atoms with Crippen LogP contribution in [0.3, 0.4) is 0 Å². The number of benzene rings is 2. The molecule has 3 rings (SSSR count). The Balaban J connectivity index is 1.48. The molecule has 0 saturated carbocycles. The van der Waals surface area contributed by atoms with Crippen molar-refractivity contribution in [3.05, 3.63) is 59.9 Å². The number of nitrogens with zero attached hydrogens (tertiary/aromatic N) is 2. The summed E-state index contributed by atoms with van der Waals surface area (Å²) in [5.74, 6) is 0.140. The van der Waals surface area contributed by atoms with E-state index in [1.807, 2.05) is 36.1 Å². The molecule has 1 unspecified atom stereocenters. The number of hydrogen-bond donors (Lipinski definition) is 1. The van der Waals surface area contributed by atoms with Gasteiger partial charge in [-0.25, -0.2) is 12.8 Å². The van der Waals surface area contributed by atoms with E-state index >= 15 is 0 Å². The zero-order valence-electron chi connectivity index (χ0n) is 15.8. The van der Waals surface area contributed by atoms with Gasteiger partial charge in [0.1, 0.15) is 24.3 Å². The average molecular weight is 408 g/mol. The second kappa shape index (κ2) is 9.00. The molecule has 0 spiro atoms. The molecule has 6 nitrogen and oxygen atoms in total. The summed E-state index contributed by atoms with van der Waals surface area (Å²) in [6, 6.07) is 12.7. The third kappa shape index (κ3) is 5.29. The van der Waals surface area contributed by atoms with E-state index in [0.29, 0.717) is 38.5 Å². The van der Waals surface area contributed by atoms with Crippen LogP contribution in [0.1, 0.15) is 5.56 Å². The minimum Gasteiger partial charge on any atom is -0.491 e. The van der Waals surface area contributed by atoms with Gasteiger partial charge in [0.15, 0.2) is 0 Å². The van der Waals surface area contributed by atoms with Crippen LogP contribution in [0.2, 0.25) is 0 Å². The van der Waals surface area contributed by atoms with Gasteiger partial charge in [0.05, 0.1) is 4.90 Å². The molecule has 1 N–H and O–H groups in total. The van der Waals surface area contributed by atoms with Gasteiger partial charge in [0.2, 0.25) is 10.0 Å². The maximum atomic E-state index is 13.4. The molecule has 1 saturated heterocycles. The molecule has 0 aliphatic carbocycles. The van der Waals surface area contributed by atoms with Gasteiger partial charge in [-0.1, -0.05) is 18.2 Å². The van der Waals surface area contributed by atoms with Crippen LogP contribution in [-0.4, -0.2) is 68.2 Å². The number of hydrogen-bond acceptors (Lipinski definition) is 5. The Morgan fingerprint density at radius 1 is 1.11 bits per heavy atom. The molecule has 1 heterocycles. The molecule has 0 bridgehead atoms. The van der Waals surface area contributed by atoms with Crippen molar-refractivity contribution in [2.24, 2.45) is 0 Å². The van der Waals surface area contributed by atoms with Crippen LogP contribution >= 0.6 is 0 Å². The average Bonchev–Trinajstić information content (AvgIpc) is 2.67. The summed E-state index contributed by atoms with van der Waals surface area (Å²) >= 11 is 0. The lowest BCUT2D eigenvalue weighted by atomic mass is 10.2. The van der Waals surface area contributed by atoms with Crippen molar-refractivity contribution in [3.63, 3.8) is 0 Å². The van der Waals surface area contributed by atoms with E-state index in [1.165, 1.54) is 22.5 Å². The summed E-state index contributed by atoms with van der Waals surface area (Å²) in [4.78, 5) is 1.97. The van der Waals surface area contributed by atoms with Crippen LogP contribution in [0.15, 0.2) is 53.4 Å². The number of aryl methyl sites for hydroxylation is 1. The predicted octanol–water partition coefficient (Wildman–Crippen LogP) is 1.88. The summed E-state index contributed by atoms with van der Waals surface area (Å²) in [6.45, 7) is 4.13. The smallest absolute Gasteiger partial charge is 0.243 e. The van der Waals surface area contributed by atoms with E-state index in [1.54, 1.807) is 0 Å². The van der Waals surface area contributed by atoms with E-state index in [0.717, 1.165) is 11.6 Å². The third-order valence-corrected chi connectivity index (χ3v) is 6.56. The second-order valence-corrected chi connectivity index (χ2v) is 8.88. The monoisotopic (exact) mass is 408 g/mol. The van der Waals surface area contributed by atoms with E-state index in [9.17, 15) is 17.9 Å². The number of piperazine rings is 1. The van der Waals surface area contributed by atoms with E-state index < -0.39 is 21.9 Å². The molecule has 0 amide bonds. The molecule has 2 aromatic carbocycles. The standard InChI is InChI=1S/C20H25FN2O4S/c1-16-4-2-6-19(12-16)27-15-18(24)14-22-8-10-23(11-9-22)28(25,26)20-7-3-5-17(21)13-20/h2-7,12-13,18,24H,8-11,14-15H2,1H3. The minimum atomic E-state index is -3.71. The largest absolute Gasteiger partial charge is 0.491 e. The Labute approximate surface area is 165 Å². The molecule has 1 fully saturated rings. The normalized spacial score (nSPS) is 17.4. The van der Waals surface area contributed by atoms with Gasteiger partial charge in [0, 0.05) is 32.7 Å². The first-order chi connectivity index (χ1) is 13.3. The van der Waals surface area contributed by atoms with E-state index in [-0.39, 0.29) is 11.5 Å². The summed E-state index contributed by atoms with van der Waals surface area (Å²) in [5, 5.41) is 10.2. The van der Waals surface area contributed by atoms with Crippen molar-refractivity contribution in [1.82, 2.24) is 9.21 Å². The van der Waals surface area contributed by atoms with Gasteiger partial charge < -0.3 is 9.84 Å². The molecule has 1 aliphatic rings. The highest BCUT2D eigenvalue weighted by atomic mass is 32.2. The van der Waals surface area contributed by atoms with Gasteiger partial charge in [-0.2, -0.15) is 4.31 Å². The van der Waals surface area contributed by atoms with Gasteiger partial charge in [-0.05, 0) is 42.8 Å². The van der Waals surface area contributed by atoms with Crippen molar-refractivity contribution < 1.29 is 22.7 Å². The maximum Gasteiger partial charge on any atom is 0.243 e. The first-order valence-electron chi connectivity index (χ1n) is 9.20. The molecule has 0 aromatic heterocycles. The van der Waals surface area contributed by atoms with Crippen LogP contribution in [0.5, 0.6) is 5.75 Å². The first kappa shape index (κ1) is 20.7. The Kier molecular flexibility index (Phi) is 6.66. The summed E-state index contributed by atoms with van der Waals surface area (Å²) in [7, 11) is -3.71. The van der Waals surface area contributed by atoms with Crippen LogP contribution in [-0.2, 0) is 10.0 Å². The Morgan fingerprint density at radius 3 is 2.50 bits per heavy atom.